The molecule has 3 rings (SSSR count). The molecule has 24 heavy (non-hydrogen) atoms. The van der Waals surface area contributed by atoms with Crippen LogP contribution in [0.2, 0.25) is 0 Å². The lowest BCUT2D eigenvalue weighted by atomic mass is 9.66. The summed E-state index contributed by atoms with van der Waals surface area (Å²) in [5.74, 6) is 0.684. The highest BCUT2D eigenvalue weighted by Gasteiger charge is 2.40. The predicted octanol–water partition coefficient (Wildman–Crippen LogP) is 5.22. The number of fused-ring (bicyclic) bond motifs is 2. The van der Waals surface area contributed by atoms with Gasteiger partial charge in [0.2, 0.25) is 0 Å². The van der Waals surface area contributed by atoms with Gasteiger partial charge in [0.25, 0.3) is 0 Å². The molecular formula is C21H30O3. The van der Waals surface area contributed by atoms with Crippen LogP contribution in [0.3, 0.4) is 0 Å². The maximum absolute atomic E-state index is 10.7. The lowest BCUT2D eigenvalue weighted by Gasteiger charge is -2.39. The molecule has 132 valence electrons. The Kier molecular flexibility index (Phi) is 4.41. The van der Waals surface area contributed by atoms with Gasteiger partial charge in [0, 0.05) is 18.2 Å². The number of methoxy groups -OCH3 is 1. The lowest BCUT2D eigenvalue weighted by Crippen LogP contribution is -2.29. The SMILES string of the molecule is COC1CC2C(=CCCC2(C)C)Cc2c1cc(C(C)C)c(O)c2O. The first-order valence-electron chi connectivity index (χ1n) is 9.05. The van der Waals surface area contributed by atoms with Gasteiger partial charge in [-0.2, -0.15) is 0 Å². The number of hydrogen-bond acceptors (Lipinski definition) is 3. The van der Waals surface area contributed by atoms with E-state index in [0.717, 1.165) is 29.5 Å². The average molecular weight is 330 g/mol. The van der Waals surface area contributed by atoms with Gasteiger partial charge in [0.05, 0.1) is 6.10 Å². The normalized spacial score (nSPS) is 25.7. The number of phenols is 2. The summed E-state index contributed by atoms with van der Waals surface area (Å²) in [6.07, 6.45) is 6.21. The number of allylic oxidation sites excluding steroid dienone is 2. The minimum Gasteiger partial charge on any atom is -0.504 e. The van der Waals surface area contributed by atoms with Gasteiger partial charge in [-0.05, 0) is 54.6 Å². The van der Waals surface area contributed by atoms with E-state index in [1.165, 1.54) is 12.0 Å². The lowest BCUT2D eigenvalue weighted by molar-refractivity contribution is 0.0602. The fourth-order valence-electron chi connectivity index (χ4n) is 4.53. The Morgan fingerprint density at radius 2 is 1.92 bits per heavy atom. The number of ether oxygens (including phenoxy) is 1. The fraction of sp³-hybridized carbons (Fsp3) is 0.619. The Labute approximate surface area is 145 Å². The molecule has 0 aliphatic heterocycles. The summed E-state index contributed by atoms with van der Waals surface area (Å²) in [5, 5.41) is 21.2. The molecule has 0 aromatic heterocycles. The van der Waals surface area contributed by atoms with Crippen molar-refractivity contribution in [3.63, 3.8) is 0 Å². The highest BCUT2D eigenvalue weighted by Crippen LogP contribution is 2.52. The van der Waals surface area contributed by atoms with Crippen molar-refractivity contribution in [2.24, 2.45) is 11.3 Å². The van der Waals surface area contributed by atoms with Crippen molar-refractivity contribution in [2.45, 2.75) is 65.4 Å². The second kappa shape index (κ2) is 6.11. The fourth-order valence-corrected chi connectivity index (χ4v) is 4.53. The standard InChI is InChI=1S/C21H30O3/c1-12(2)14-10-15-16(20(23)19(14)22)9-13-7-6-8-21(3,4)17(13)11-18(15)24-5/h7,10,12,17-18,22-23H,6,8-9,11H2,1-5H3. The molecule has 0 saturated heterocycles. The topological polar surface area (TPSA) is 49.7 Å². The third-order valence-corrected chi connectivity index (χ3v) is 6.11. The van der Waals surface area contributed by atoms with Crippen molar-refractivity contribution in [2.75, 3.05) is 7.11 Å². The molecule has 2 N–H and O–H groups in total. The van der Waals surface area contributed by atoms with Crippen LogP contribution in [0, 0.1) is 11.3 Å². The highest BCUT2D eigenvalue weighted by atomic mass is 16.5. The molecule has 0 fully saturated rings. The van der Waals surface area contributed by atoms with Crippen LogP contribution in [-0.2, 0) is 11.2 Å². The molecule has 2 atom stereocenters. The summed E-state index contributed by atoms with van der Waals surface area (Å²) in [6, 6.07) is 2.05. The minimum absolute atomic E-state index is 0.0349. The molecule has 0 radical (unpaired) electrons. The van der Waals surface area contributed by atoms with Crippen LogP contribution in [0.25, 0.3) is 0 Å². The van der Waals surface area contributed by atoms with Crippen molar-refractivity contribution in [1.82, 2.24) is 0 Å². The third-order valence-electron chi connectivity index (χ3n) is 6.11. The molecule has 0 amide bonds. The molecule has 1 aromatic rings. The molecule has 0 spiro atoms. The van der Waals surface area contributed by atoms with E-state index in [2.05, 4.69) is 19.9 Å². The van der Waals surface area contributed by atoms with Crippen molar-refractivity contribution < 1.29 is 14.9 Å². The van der Waals surface area contributed by atoms with E-state index < -0.39 is 0 Å². The zero-order chi connectivity index (χ0) is 17.6. The average Bonchev–Trinajstić information content (AvgIpc) is 2.67. The Balaban J connectivity index is 2.17. The van der Waals surface area contributed by atoms with Gasteiger partial charge in [-0.1, -0.05) is 39.3 Å². The van der Waals surface area contributed by atoms with Crippen LogP contribution in [0.5, 0.6) is 11.5 Å². The maximum Gasteiger partial charge on any atom is 0.161 e. The minimum atomic E-state index is -0.0442. The van der Waals surface area contributed by atoms with Gasteiger partial charge < -0.3 is 14.9 Å². The van der Waals surface area contributed by atoms with E-state index in [0.29, 0.717) is 12.3 Å². The zero-order valence-electron chi connectivity index (χ0n) is 15.5. The van der Waals surface area contributed by atoms with E-state index >= 15 is 0 Å². The smallest absolute Gasteiger partial charge is 0.161 e. The number of aromatic hydroxyl groups is 2. The van der Waals surface area contributed by atoms with Crippen molar-refractivity contribution in [1.29, 1.82) is 0 Å². The molecular weight excluding hydrogens is 300 g/mol. The quantitative estimate of drug-likeness (QED) is 0.577. The van der Waals surface area contributed by atoms with Gasteiger partial charge >= 0.3 is 0 Å². The summed E-state index contributed by atoms with van der Waals surface area (Å²) in [7, 11) is 1.75. The largest absolute Gasteiger partial charge is 0.504 e. The van der Waals surface area contributed by atoms with Crippen LogP contribution in [0.1, 0.15) is 75.7 Å². The first kappa shape index (κ1) is 17.3. The molecule has 2 aliphatic rings. The maximum atomic E-state index is 10.7. The molecule has 2 aliphatic carbocycles. The Morgan fingerprint density at radius 1 is 1.21 bits per heavy atom. The molecule has 2 unspecified atom stereocenters. The summed E-state index contributed by atoms with van der Waals surface area (Å²) < 4.78 is 5.85. The van der Waals surface area contributed by atoms with E-state index in [1.54, 1.807) is 7.11 Å². The monoisotopic (exact) mass is 330 g/mol. The van der Waals surface area contributed by atoms with Crippen LogP contribution < -0.4 is 0 Å². The first-order chi connectivity index (χ1) is 11.3. The Bertz CT molecular complexity index is 670. The second-order valence-electron chi connectivity index (χ2n) is 8.38. The van der Waals surface area contributed by atoms with Crippen LogP contribution in [-0.4, -0.2) is 17.3 Å². The third kappa shape index (κ3) is 2.73. The number of hydrogen-bond donors (Lipinski definition) is 2. The molecule has 3 nitrogen and oxygen atoms in total. The van der Waals surface area contributed by atoms with Crippen molar-refractivity contribution in [3.8, 4) is 11.5 Å². The summed E-state index contributed by atoms with van der Waals surface area (Å²) >= 11 is 0. The molecule has 0 bridgehead atoms. The number of rotatable bonds is 2. The second-order valence-corrected chi connectivity index (χ2v) is 8.38. The molecule has 0 saturated carbocycles. The van der Waals surface area contributed by atoms with Gasteiger partial charge in [-0.15, -0.1) is 0 Å². The molecule has 0 heterocycles. The molecule has 3 heteroatoms. The Hall–Kier alpha value is -1.48. The van der Waals surface area contributed by atoms with Crippen LogP contribution in [0.15, 0.2) is 17.7 Å². The highest BCUT2D eigenvalue weighted by molar-refractivity contribution is 5.57. The van der Waals surface area contributed by atoms with E-state index in [-0.39, 0.29) is 28.9 Å². The van der Waals surface area contributed by atoms with Crippen molar-refractivity contribution in [3.05, 3.63) is 34.4 Å². The first-order valence-corrected chi connectivity index (χ1v) is 9.05. The van der Waals surface area contributed by atoms with Crippen molar-refractivity contribution >= 4 is 0 Å². The van der Waals surface area contributed by atoms with Gasteiger partial charge in [-0.3, -0.25) is 0 Å². The summed E-state index contributed by atoms with van der Waals surface area (Å²) in [4.78, 5) is 0. The van der Waals surface area contributed by atoms with E-state index in [1.807, 2.05) is 19.9 Å². The van der Waals surface area contributed by atoms with Crippen LogP contribution >= 0.6 is 0 Å². The van der Waals surface area contributed by atoms with Gasteiger partial charge in [0.1, 0.15) is 0 Å². The Morgan fingerprint density at radius 3 is 2.54 bits per heavy atom. The number of benzene rings is 1. The summed E-state index contributed by atoms with van der Waals surface area (Å²) in [6.45, 7) is 8.74. The zero-order valence-corrected chi connectivity index (χ0v) is 15.5. The predicted molar refractivity (Wildman–Crippen MR) is 96.5 cm³/mol. The van der Waals surface area contributed by atoms with Crippen LogP contribution in [0.4, 0.5) is 0 Å². The van der Waals surface area contributed by atoms with Gasteiger partial charge in [0.15, 0.2) is 11.5 Å². The van der Waals surface area contributed by atoms with E-state index in [9.17, 15) is 10.2 Å². The van der Waals surface area contributed by atoms with E-state index in [4.69, 9.17) is 4.74 Å². The summed E-state index contributed by atoms with van der Waals surface area (Å²) in [5.41, 5.74) is 4.31. The molecule has 1 aromatic carbocycles. The van der Waals surface area contributed by atoms with Gasteiger partial charge in [-0.25, -0.2) is 0 Å². The number of phenolic OH excluding ortho intramolecular Hbond substituents is 2.